The Morgan fingerprint density at radius 2 is 1.58 bits per heavy atom. The third-order valence-corrected chi connectivity index (χ3v) is 6.47. The molecule has 2 aromatic carbocycles. The molecule has 0 saturated carbocycles. The van der Waals surface area contributed by atoms with Crippen LogP contribution in [0.15, 0.2) is 47.7 Å². The maximum atomic E-state index is 13.4. The molecule has 1 aliphatic carbocycles. The molecule has 0 saturated heterocycles. The lowest BCUT2D eigenvalue weighted by atomic mass is 9.68. The van der Waals surface area contributed by atoms with E-state index in [1.807, 2.05) is 12.1 Å². The Morgan fingerprint density at radius 1 is 0.968 bits per heavy atom. The molecule has 2 aliphatic rings. The van der Waals surface area contributed by atoms with Crippen LogP contribution in [-0.2, 0) is 10.2 Å². The molecule has 0 unspecified atom stereocenters. The largest absolute Gasteiger partial charge is 0.493 e. The number of allylic oxidation sites excluding steroid dienone is 2. The van der Waals surface area contributed by atoms with Crippen LogP contribution < -0.4 is 14.8 Å². The summed E-state index contributed by atoms with van der Waals surface area (Å²) in [6, 6.07) is 12.7. The molecule has 0 spiro atoms. The Hall–Kier alpha value is -2.75. The van der Waals surface area contributed by atoms with E-state index in [0.29, 0.717) is 17.9 Å². The molecule has 0 radical (unpaired) electrons. The van der Waals surface area contributed by atoms with Crippen molar-refractivity contribution in [3.8, 4) is 11.5 Å². The van der Waals surface area contributed by atoms with Crippen molar-refractivity contribution < 1.29 is 14.3 Å². The first-order chi connectivity index (χ1) is 14.5. The van der Waals surface area contributed by atoms with E-state index >= 15 is 0 Å². The highest BCUT2D eigenvalue weighted by Crippen LogP contribution is 2.51. The van der Waals surface area contributed by atoms with E-state index < -0.39 is 0 Å². The molecular weight excluding hydrogens is 386 g/mol. The molecule has 1 N–H and O–H groups in total. The zero-order valence-corrected chi connectivity index (χ0v) is 19.7. The summed E-state index contributed by atoms with van der Waals surface area (Å²) in [4.78, 5) is 13.4. The highest BCUT2D eigenvalue weighted by molar-refractivity contribution is 6.01. The maximum absolute atomic E-state index is 13.4. The number of hydrogen-bond donors (Lipinski definition) is 1. The SMILES string of the molecule is COc1cc2c(cc1OC)[C@H](c1ccc(C(C)(C)C)cc1)C1=C(CC(C)(C)CC1=O)N2. The second-order valence-electron chi connectivity index (χ2n) is 10.6. The summed E-state index contributed by atoms with van der Waals surface area (Å²) in [6.45, 7) is 11.0. The van der Waals surface area contributed by atoms with Crippen LogP contribution in [0.4, 0.5) is 5.69 Å². The quantitative estimate of drug-likeness (QED) is 0.643. The summed E-state index contributed by atoms with van der Waals surface area (Å²) in [5.41, 5.74) is 6.38. The van der Waals surface area contributed by atoms with Gasteiger partial charge in [0.05, 0.1) is 14.2 Å². The van der Waals surface area contributed by atoms with Gasteiger partial charge in [0, 0.05) is 35.4 Å². The molecule has 2 aromatic rings. The van der Waals surface area contributed by atoms with Gasteiger partial charge >= 0.3 is 0 Å². The molecule has 31 heavy (non-hydrogen) atoms. The highest BCUT2D eigenvalue weighted by Gasteiger charge is 2.41. The Morgan fingerprint density at radius 3 is 2.16 bits per heavy atom. The van der Waals surface area contributed by atoms with Crippen LogP contribution in [0.25, 0.3) is 0 Å². The average Bonchev–Trinajstić information content (AvgIpc) is 2.69. The first-order valence-corrected chi connectivity index (χ1v) is 10.9. The number of rotatable bonds is 3. The number of nitrogens with one attached hydrogen (secondary N) is 1. The summed E-state index contributed by atoms with van der Waals surface area (Å²) in [6.07, 6.45) is 1.41. The van der Waals surface area contributed by atoms with Crippen molar-refractivity contribution in [3.63, 3.8) is 0 Å². The van der Waals surface area contributed by atoms with Crippen LogP contribution in [-0.4, -0.2) is 20.0 Å². The van der Waals surface area contributed by atoms with Gasteiger partial charge in [-0.3, -0.25) is 4.79 Å². The van der Waals surface area contributed by atoms with E-state index in [1.165, 1.54) is 5.56 Å². The predicted octanol–water partition coefficient (Wildman–Crippen LogP) is 6.20. The number of methoxy groups -OCH3 is 2. The van der Waals surface area contributed by atoms with Crippen molar-refractivity contribution in [2.24, 2.45) is 5.41 Å². The fourth-order valence-corrected chi connectivity index (χ4v) is 4.86. The molecule has 0 bridgehead atoms. The van der Waals surface area contributed by atoms with Crippen molar-refractivity contribution in [3.05, 3.63) is 64.4 Å². The minimum Gasteiger partial charge on any atom is -0.493 e. The molecule has 0 aromatic heterocycles. The van der Waals surface area contributed by atoms with Crippen LogP contribution in [0.3, 0.4) is 0 Å². The number of anilines is 1. The molecule has 1 aliphatic heterocycles. The normalized spacial score (nSPS) is 20.0. The Balaban J connectivity index is 1.92. The van der Waals surface area contributed by atoms with E-state index in [0.717, 1.165) is 34.5 Å². The van der Waals surface area contributed by atoms with Gasteiger partial charge in [-0.25, -0.2) is 0 Å². The minimum atomic E-state index is -0.122. The molecular formula is C27H33NO3. The summed E-state index contributed by atoms with van der Waals surface area (Å²) in [5, 5.41) is 3.57. The first-order valence-electron chi connectivity index (χ1n) is 10.9. The fourth-order valence-electron chi connectivity index (χ4n) is 4.86. The third kappa shape index (κ3) is 3.84. The average molecular weight is 420 g/mol. The van der Waals surface area contributed by atoms with E-state index in [1.54, 1.807) is 14.2 Å². The number of ether oxygens (including phenoxy) is 2. The van der Waals surface area contributed by atoms with Crippen molar-refractivity contribution in [1.29, 1.82) is 0 Å². The number of hydrogen-bond acceptors (Lipinski definition) is 4. The topological polar surface area (TPSA) is 47.6 Å². The fraction of sp³-hybridized carbons (Fsp3) is 0.444. The number of carbonyl (C=O) groups excluding carboxylic acids is 1. The van der Waals surface area contributed by atoms with Gasteiger partial charge in [0.25, 0.3) is 0 Å². The lowest BCUT2D eigenvalue weighted by Crippen LogP contribution is -2.33. The molecule has 0 amide bonds. The van der Waals surface area contributed by atoms with Gasteiger partial charge in [-0.1, -0.05) is 58.9 Å². The van der Waals surface area contributed by atoms with Gasteiger partial charge < -0.3 is 14.8 Å². The van der Waals surface area contributed by atoms with Gasteiger partial charge in [-0.05, 0) is 40.0 Å². The van der Waals surface area contributed by atoms with Gasteiger partial charge in [0.1, 0.15) is 0 Å². The lowest BCUT2D eigenvalue weighted by molar-refractivity contribution is -0.118. The summed E-state index contributed by atoms with van der Waals surface area (Å²) >= 11 is 0. The van der Waals surface area contributed by atoms with E-state index in [4.69, 9.17) is 9.47 Å². The van der Waals surface area contributed by atoms with Crippen LogP contribution in [0.2, 0.25) is 0 Å². The van der Waals surface area contributed by atoms with Gasteiger partial charge in [-0.2, -0.15) is 0 Å². The summed E-state index contributed by atoms with van der Waals surface area (Å²) in [7, 11) is 3.29. The lowest BCUT2D eigenvalue weighted by Gasteiger charge is -2.39. The molecule has 4 nitrogen and oxygen atoms in total. The Bertz CT molecular complexity index is 1060. The van der Waals surface area contributed by atoms with Crippen LogP contribution >= 0.6 is 0 Å². The van der Waals surface area contributed by atoms with Crippen LogP contribution in [0.5, 0.6) is 11.5 Å². The van der Waals surface area contributed by atoms with E-state index in [9.17, 15) is 4.79 Å². The van der Waals surface area contributed by atoms with Crippen molar-refractivity contribution in [2.75, 3.05) is 19.5 Å². The van der Waals surface area contributed by atoms with E-state index in [2.05, 4.69) is 64.2 Å². The molecule has 4 heteroatoms. The van der Waals surface area contributed by atoms with Crippen molar-refractivity contribution >= 4 is 11.5 Å². The molecule has 1 heterocycles. The van der Waals surface area contributed by atoms with Gasteiger partial charge in [-0.15, -0.1) is 0 Å². The predicted molar refractivity (Wildman–Crippen MR) is 125 cm³/mol. The zero-order chi connectivity index (χ0) is 22.6. The van der Waals surface area contributed by atoms with E-state index in [-0.39, 0.29) is 22.5 Å². The number of Topliss-reactive ketones (excluding diaryl/α,β-unsaturated/α-hetero) is 1. The number of ketones is 1. The molecule has 4 rings (SSSR count). The minimum absolute atomic E-state index is 0.0579. The number of carbonyl (C=O) groups is 1. The molecule has 164 valence electrons. The second kappa shape index (κ2) is 7.44. The maximum Gasteiger partial charge on any atom is 0.162 e. The monoisotopic (exact) mass is 419 g/mol. The molecule has 0 fully saturated rings. The molecule has 1 atom stereocenters. The third-order valence-electron chi connectivity index (χ3n) is 6.47. The standard InChI is InChI=1S/C27H33NO3/c1-26(2,3)17-10-8-16(9-11-17)24-18-12-22(30-6)23(31-7)13-19(18)28-20-14-27(4,5)15-21(29)25(20)24/h8-13,24,28H,14-15H2,1-7H3/t24-/m0/s1. The van der Waals surface area contributed by atoms with Gasteiger partial charge in [0.15, 0.2) is 17.3 Å². The summed E-state index contributed by atoms with van der Waals surface area (Å²) < 4.78 is 11.1. The Labute approximate surface area is 185 Å². The zero-order valence-electron chi connectivity index (χ0n) is 19.7. The highest BCUT2D eigenvalue weighted by atomic mass is 16.5. The number of fused-ring (bicyclic) bond motifs is 1. The first kappa shape index (κ1) is 21.5. The summed E-state index contributed by atoms with van der Waals surface area (Å²) in [5.74, 6) is 1.46. The van der Waals surface area contributed by atoms with Crippen LogP contribution in [0.1, 0.15) is 70.1 Å². The van der Waals surface area contributed by atoms with Gasteiger partial charge in [0.2, 0.25) is 0 Å². The number of benzene rings is 2. The van der Waals surface area contributed by atoms with Crippen molar-refractivity contribution in [1.82, 2.24) is 0 Å². The van der Waals surface area contributed by atoms with Crippen molar-refractivity contribution in [2.45, 2.75) is 58.8 Å². The van der Waals surface area contributed by atoms with Crippen LogP contribution in [0, 0.1) is 5.41 Å². The second-order valence-corrected chi connectivity index (χ2v) is 10.6. The Kier molecular flexibility index (Phi) is 5.15. The smallest absolute Gasteiger partial charge is 0.162 e.